The van der Waals surface area contributed by atoms with Crippen LogP contribution in [0.25, 0.3) is 0 Å². The highest BCUT2D eigenvalue weighted by molar-refractivity contribution is 5.78. The molecule has 0 aromatic heterocycles. The summed E-state index contributed by atoms with van der Waals surface area (Å²) in [4.78, 5) is 25.3. The van der Waals surface area contributed by atoms with Gasteiger partial charge in [0, 0.05) is 23.4 Å². The summed E-state index contributed by atoms with van der Waals surface area (Å²) in [5, 5.41) is 23.1. The lowest BCUT2D eigenvalue weighted by molar-refractivity contribution is -0.271. The zero-order valence-electron chi connectivity index (χ0n) is 33.8. The minimum Gasteiger partial charge on any atom is -0.481 e. The topological polar surface area (TPSA) is 168 Å². The molecule has 2 aliphatic heterocycles. The number of carboxylic acids is 1. The maximum absolute atomic E-state index is 13.5. The van der Waals surface area contributed by atoms with E-state index >= 15 is 0 Å². The Kier molecular flexibility index (Phi) is 9.91. The molecule has 294 valence electrons. The summed E-state index contributed by atoms with van der Waals surface area (Å²) in [6.45, 7) is 24.1. The van der Waals surface area contributed by atoms with Crippen LogP contribution in [-0.4, -0.2) is 84.3 Å². The van der Waals surface area contributed by atoms with Gasteiger partial charge in [-0.05, 0) is 91.3 Å². The van der Waals surface area contributed by atoms with E-state index in [1.54, 1.807) is 0 Å². The number of aliphatic carboxylic acids is 1. The molecular weight excluding hydrogens is 658 g/mol. The second-order valence-corrected chi connectivity index (χ2v) is 19.7. The molecule has 12 nitrogen and oxygen atoms in total. The number of allylic oxidation sites excluding steroid dienone is 1. The monoisotopic (exact) mass is 728 g/mol. The van der Waals surface area contributed by atoms with Crippen LogP contribution in [0.3, 0.4) is 0 Å². The number of guanidine groups is 1. The standard InChI is InChI=1S/C40H69N7O5/c1-23(2)25(5)35(6)16-17-37(8)26-12-13-29-36(7)20-51-22-40(29,27(26)14-15-38(37,9)31(35)33(49)50)18-28(47-45-34(42)44-46(47)11)32(36)52-21-39(10,24(3)4)43-19-30(41)48/h14,23-26,28-29,31-32,43H,12-13,15-22H2,1-11H3,(H2,41,48)(H,49,50)(H3,42,44,45)/t25-,26+,28-,29+,31-,32+,35-,36-,37-,38+,39+,40+/m1/s1. The number of hydrazine groups is 2. The molecule has 4 fully saturated rings. The molecule has 12 atom stereocenters. The maximum Gasteiger partial charge on any atom is 0.307 e. The molecule has 0 radical (unpaired) electrons. The van der Waals surface area contributed by atoms with Crippen molar-refractivity contribution < 1.29 is 24.2 Å². The summed E-state index contributed by atoms with van der Waals surface area (Å²) in [6, 6.07) is -0.162. The summed E-state index contributed by atoms with van der Waals surface area (Å²) in [6.07, 6.45) is 7.73. The van der Waals surface area contributed by atoms with Crippen molar-refractivity contribution in [2.45, 2.75) is 125 Å². The second-order valence-electron chi connectivity index (χ2n) is 19.7. The number of carbonyl (C=O) groups excluding carboxylic acids is 1. The molecule has 1 saturated heterocycles. The van der Waals surface area contributed by atoms with Crippen LogP contribution in [0.15, 0.2) is 16.8 Å². The van der Waals surface area contributed by atoms with Crippen molar-refractivity contribution in [3.8, 4) is 0 Å². The van der Waals surface area contributed by atoms with Crippen LogP contribution in [-0.2, 0) is 19.1 Å². The average Bonchev–Trinajstić information content (AvgIpc) is 3.39. The van der Waals surface area contributed by atoms with Gasteiger partial charge in [-0.3, -0.25) is 15.0 Å². The van der Waals surface area contributed by atoms with Crippen LogP contribution in [0.4, 0.5) is 0 Å². The summed E-state index contributed by atoms with van der Waals surface area (Å²) in [5.41, 5.74) is 14.5. The van der Waals surface area contributed by atoms with E-state index < -0.39 is 23.3 Å². The molecule has 6 rings (SSSR count). The van der Waals surface area contributed by atoms with E-state index in [1.807, 2.05) is 17.3 Å². The minimum absolute atomic E-state index is 0.0728. The van der Waals surface area contributed by atoms with Crippen molar-refractivity contribution in [2.24, 2.45) is 79.2 Å². The third-order valence-corrected chi connectivity index (χ3v) is 16.7. The number of rotatable bonds is 11. The Bertz CT molecular complexity index is 1490. The third kappa shape index (κ3) is 5.62. The van der Waals surface area contributed by atoms with E-state index in [9.17, 15) is 14.7 Å². The predicted molar refractivity (Wildman–Crippen MR) is 202 cm³/mol. The Morgan fingerprint density at radius 3 is 2.40 bits per heavy atom. The fraction of sp³-hybridized carbons (Fsp3) is 0.875. The van der Waals surface area contributed by atoms with Gasteiger partial charge in [-0.15, -0.1) is 10.2 Å². The number of nitrogens with one attached hydrogen (secondary N) is 2. The molecule has 4 aliphatic carbocycles. The van der Waals surface area contributed by atoms with Gasteiger partial charge < -0.3 is 31.4 Å². The second kappa shape index (κ2) is 13.1. The van der Waals surface area contributed by atoms with E-state index in [0.717, 1.165) is 38.5 Å². The van der Waals surface area contributed by atoms with Crippen molar-refractivity contribution in [3.05, 3.63) is 11.6 Å². The quantitative estimate of drug-likeness (QED) is 0.188. The summed E-state index contributed by atoms with van der Waals surface area (Å²) in [5.74, 6) is 0.295. The summed E-state index contributed by atoms with van der Waals surface area (Å²) in [7, 11) is 1.94. The summed E-state index contributed by atoms with van der Waals surface area (Å²) >= 11 is 0. The normalized spacial score (nSPS) is 43.4. The van der Waals surface area contributed by atoms with Gasteiger partial charge in [0.25, 0.3) is 0 Å². The molecule has 3 saturated carbocycles. The Morgan fingerprint density at radius 1 is 1.13 bits per heavy atom. The van der Waals surface area contributed by atoms with E-state index in [-0.39, 0.29) is 57.6 Å². The number of fused-ring (bicyclic) bond motifs is 3. The third-order valence-electron chi connectivity index (χ3n) is 16.7. The molecule has 1 amide bonds. The maximum atomic E-state index is 13.5. The number of ether oxygens (including phenoxy) is 2. The van der Waals surface area contributed by atoms with Crippen molar-refractivity contribution in [3.63, 3.8) is 0 Å². The van der Waals surface area contributed by atoms with Crippen molar-refractivity contribution >= 4 is 17.8 Å². The smallest absolute Gasteiger partial charge is 0.307 e. The van der Waals surface area contributed by atoms with Crippen molar-refractivity contribution in [1.29, 1.82) is 0 Å². The van der Waals surface area contributed by atoms with Crippen LogP contribution in [0.1, 0.15) is 108 Å². The Labute approximate surface area is 312 Å². The van der Waals surface area contributed by atoms with Crippen molar-refractivity contribution in [1.82, 2.24) is 21.0 Å². The fourth-order valence-electron chi connectivity index (χ4n) is 12.8. The molecule has 0 spiro atoms. The molecule has 7 N–H and O–H groups in total. The predicted octanol–water partition coefficient (Wildman–Crippen LogP) is 4.72. The molecule has 12 heteroatoms. The van der Waals surface area contributed by atoms with Gasteiger partial charge >= 0.3 is 5.97 Å². The van der Waals surface area contributed by atoms with Crippen LogP contribution >= 0.6 is 0 Å². The van der Waals surface area contributed by atoms with Crippen LogP contribution in [0.5, 0.6) is 0 Å². The summed E-state index contributed by atoms with van der Waals surface area (Å²) < 4.78 is 13.9. The molecule has 6 aliphatic rings. The Hall–Kier alpha value is -2.41. The average molecular weight is 728 g/mol. The molecule has 2 heterocycles. The van der Waals surface area contributed by atoms with E-state index in [1.165, 1.54) is 5.57 Å². The first-order valence-electron chi connectivity index (χ1n) is 19.9. The van der Waals surface area contributed by atoms with Gasteiger partial charge in [-0.2, -0.15) is 5.12 Å². The first-order chi connectivity index (χ1) is 24.1. The fourth-order valence-corrected chi connectivity index (χ4v) is 12.8. The zero-order valence-corrected chi connectivity index (χ0v) is 33.8. The first-order valence-corrected chi connectivity index (χ1v) is 19.9. The zero-order chi connectivity index (χ0) is 38.4. The molecule has 0 unspecified atom stereocenters. The Morgan fingerprint density at radius 2 is 1.83 bits per heavy atom. The van der Waals surface area contributed by atoms with Gasteiger partial charge in [-0.25, -0.2) is 0 Å². The van der Waals surface area contributed by atoms with E-state index in [2.05, 4.69) is 86.1 Å². The first kappa shape index (κ1) is 39.3. The number of nitrogens with zero attached hydrogens (tertiary/aromatic N) is 3. The lowest BCUT2D eigenvalue weighted by Gasteiger charge is -2.71. The molecule has 52 heavy (non-hydrogen) atoms. The SMILES string of the molecule is CC(C)[C@@H](C)[C@@]1(C)CC[C@]2(C)[C@H]3CC[C@@H]4[C@@]5(COC[C@@]4(C)[C@@H](OC[C@](C)(NCC(N)=O)C(C)C)[C@H](N4N=C(N)NN4C)C5)C3=CC[C@@]2(C)[C@@H]1C(=O)O. The highest BCUT2D eigenvalue weighted by Crippen LogP contribution is 2.75. The molecule has 2 bridgehead atoms. The van der Waals surface area contributed by atoms with E-state index in [4.69, 9.17) is 26.0 Å². The molecule has 0 aromatic rings. The van der Waals surface area contributed by atoms with Crippen molar-refractivity contribution in [2.75, 3.05) is 33.4 Å². The minimum atomic E-state index is -0.642. The number of carboxylic acid groups (broad SMARTS) is 1. The molecular formula is C40H69N7O5. The number of hydrogen-bond acceptors (Lipinski definition) is 10. The lowest BCUT2D eigenvalue weighted by atomic mass is 9.34. The molecule has 0 aromatic carbocycles. The van der Waals surface area contributed by atoms with Gasteiger partial charge in [0.05, 0.1) is 44.4 Å². The highest BCUT2D eigenvalue weighted by atomic mass is 16.5. The van der Waals surface area contributed by atoms with Gasteiger partial charge in [0.15, 0.2) is 0 Å². The van der Waals surface area contributed by atoms with E-state index in [0.29, 0.717) is 43.5 Å². The largest absolute Gasteiger partial charge is 0.481 e. The van der Waals surface area contributed by atoms with Gasteiger partial charge in [0.1, 0.15) is 0 Å². The number of amides is 1. The Balaban J connectivity index is 1.42. The lowest BCUT2D eigenvalue weighted by Crippen LogP contribution is -2.72. The van der Waals surface area contributed by atoms with Gasteiger partial charge in [-0.1, -0.05) is 74.0 Å². The van der Waals surface area contributed by atoms with Crippen LogP contribution < -0.4 is 22.2 Å². The highest BCUT2D eigenvalue weighted by Gasteiger charge is 2.72. The number of primary amides is 1. The number of hydrogen-bond donors (Lipinski definition) is 5. The number of hydrazone groups is 1. The number of carbonyl (C=O) groups is 2. The van der Waals surface area contributed by atoms with Crippen LogP contribution in [0.2, 0.25) is 0 Å². The number of nitrogens with two attached hydrogens (primary N) is 2. The van der Waals surface area contributed by atoms with Crippen LogP contribution in [0, 0.1) is 62.6 Å². The van der Waals surface area contributed by atoms with Gasteiger partial charge in [0.2, 0.25) is 11.9 Å².